The average Bonchev–Trinajstić information content (AvgIpc) is 2.86. The third kappa shape index (κ3) is 2.10. The van der Waals surface area contributed by atoms with E-state index in [1.165, 1.54) is 12.1 Å². The molecule has 0 aliphatic carbocycles. The summed E-state index contributed by atoms with van der Waals surface area (Å²) in [6.45, 7) is 7.02. The zero-order chi connectivity index (χ0) is 9.26. The van der Waals surface area contributed by atoms with E-state index in [1.54, 1.807) is 0 Å². The minimum Gasteiger partial charge on any atom is -0.293 e. The fourth-order valence-electron chi connectivity index (χ4n) is 1.83. The van der Waals surface area contributed by atoms with Gasteiger partial charge in [-0.15, -0.1) is 0 Å². The highest BCUT2D eigenvalue weighted by atomic mass is 15.3. The molecule has 70 valence electrons. The van der Waals surface area contributed by atoms with E-state index in [9.17, 15) is 0 Å². The Kier molecular flexibility index (Phi) is 2.36. The van der Waals surface area contributed by atoms with E-state index in [-0.39, 0.29) is 0 Å². The maximum Gasteiger partial charge on any atom is 0.0250 e. The van der Waals surface area contributed by atoms with Gasteiger partial charge in [0.2, 0.25) is 0 Å². The van der Waals surface area contributed by atoms with Gasteiger partial charge in [-0.05, 0) is 11.5 Å². The highest BCUT2D eigenvalue weighted by molar-refractivity contribution is 5.15. The smallest absolute Gasteiger partial charge is 0.0250 e. The monoisotopic (exact) mass is 175 g/mol. The lowest BCUT2D eigenvalue weighted by molar-refractivity contribution is 0.440. The van der Waals surface area contributed by atoms with Crippen molar-refractivity contribution >= 4 is 0 Å². The van der Waals surface area contributed by atoms with Crippen LogP contribution in [0.3, 0.4) is 0 Å². The maximum atomic E-state index is 2.53. The Labute approximate surface area is 80.4 Å². The second kappa shape index (κ2) is 3.51. The molecule has 1 aliphatic heterocycles. The molecule has 2 unspecified atom stereocenters. The van der Waals surface area contributed by atoms with Gasteiger partial charge >= 0.3 is 0 Å². The first-order chi connectivity index (χ1) is 6.27. The van der Waals surface area contributed by atoms with Crippen molar-refractivity contribution in [3.05, 3.63) is 35.9 Å². The van der Waals surface area contributed by atoms with Crippen molar-refractivity contribution in [1.82, 2.24) is 4.90 Å². The molecule has 1 heterocycles. The number of hydrogen-bond acceptors (Lipinski definition) is 1. The lowest BCUT2D eigenvalue weighted by Gasteiger charge is -2.05. The van der Waals surface area contributed by atoms with Gasteiger partial charge in [0.05, 0.1) is 0 Å². The van der Waals surface area contributed by atoms with Crippen LogP contribution >= 0.6 is 0 Å². The highest BCUT2D eigenvalue weighted by Crippen LogP contribution is 2.26. The van der Waals surface area contributed by atoms with Crippen LogP contribution in [0.4, 0.5) is 0 Å². The van der Waals surface area contributed by atoms with E-state index in [1.807, 2.05) is 0 Å². The number of hydrogen-bond donors (Lipinski definition) is 0. The summed E-state index contributed by atoms with van der Waals surface area (Å²) in [5, 5.41) is 0. The first kappa shape index (κ1) is 8.76. The van der Waals surface area contributed by atoms with Crippen LogP contribution in [0.15, 0.2) is 30.3 Å². The Morgan fingerprint density at radius 3 is 2.54 bits per heavy atom. The lowest BCUT2D eigenvalue weighted by atomic mass is 10.1. The third-order valence-corrected chi connectivity index (χ3v) is 2.76. The molecule has 0 bridgehead atoms. The van der Waals surface area contributed by atoms with Crippen molar-refractivity contribution in [3.8, 4) is 0 Å². The normalized spacial score (nSPS) is 26.4. The Morgan fingerprint density at radius 2 is 2.00 bits per heavy atom. The van der Waals surface area contributed by atoms with E-state index in [0.717, 1.165) is 18.5 Å². The molecule has 1 aromatic rings. The zero-order valence-electron chi connectivity index (χ0n) is 8.40. The molecule has 0 spiro atoms. The van der Waals surface area contributed by atoms with Crippen molar-refractivity contribution < 1.29 is 0 Å². The summed E-state index contributed by atoms with van der Waals surface area (Å²) in [5.74, 6) is 0.809. The average molecular weight is 175 g/mol. The van der Waals surface area contributed by atoms with Crippen molar-refractivity contribution in [1.29, 1.82) is 0 Å². The SMILES string of the molecule is CC(C)C1CN1Cc1ccccc1. The molecular formula is C12H17N. The predicted octanol–water partition coefficient (Wildman–Crippen LogP) is 2.53. The van der Waals surface area contributed by atoms with Crippen LogP contribution in [0.5, 0.6) is 0 Å². The summed E-state index contributed by atoms with van der Waals surface area (Å²) in [6.07, 6.45) is 0. The van der Waals surface area contributed by atoms with E-state index >= 15 is 0 Å². The van der Waals surface area contributed by atoms with Gasteiger partial charge in [-0.2, -0.15) is 0 Å². The maximum absolute atomic E-state index is 2.53. The first-order valence-corrected chi connectivity index (χ1v) is 5.05. The molecular weight excluding hydrogens is 158 g/mol. The Balaban J connectivity index is 1.88. The minimum absolute atomic E-state index is 0.809. The largest absolute Gasteiger partial charge is 0.293 e. The van der Waals surface area contributed by atoms with Crippen LogP contribution < -0.4 is 0 Å². The standard InChI is InChI=1S/C12H17N/c1-10(2)12-9-13(12)8-11-6-4-3-5-7-11/h3-7,10,12H,8-9H2,1-2H3. The molecule has 1 aromatic carbocycles. The minimum atomic E-state index is 0.809. The molecule has 0 saturated carbocycles. The fourth-order valence-corrected chi connectivity index (χ4v) is 1.83. The summed E-state index contributed by atoms with van der Waals surface area (Å²) >= 11 is 0. The zero-order valence-corrected chi connectivity index (χ0v) is 8.40. The third-order valence-electron chi connectivity index (χ3n) is 2.76. The van der Waals surface area contributed by atoms with Crippen LogP contribution in [0.1, 0.15) is 19.4 Å². The molecule has 13 heavy (non-hydrogen) atoms. The predicted molar refractivity (Wildman–Crippen MR) is 55.5 cm³/mol. The van der Waals surface area contributed by atoms with E-state index in [4.69, 9.17) is 0 Å². The highest BCUT2D eigenvalue weighted by Gasteiger charge is 2.35. The fraction of sp³-hybridized carbons (Fsp3) is 0.500. The molecule has 1 saturated heterocycles. The molecule has 1 nitrogen and oxygen atoms in total. The van der Waals surface area contributed by atoms with Gasteiger partial charge in [0.25, 0.3) is 0 Å². The second-order valence-electron chi connectivity index (χ2n) is 4.23. The second-order valence-corrected chi connectivity index (χ2v) is 4.23. The van der Waals surface area contributed by atoms with Crippen LogP contribution in [-0.4, -0.2) is 17.5 Å². The van der Waals surface area contributed by atoms with Gasteiger partial charge < -0.3 is 0 Å². The molecule has 2 atom stereocenters. The summed E-state index contributed by atoms with van der Waals surface area (Å²) in [6, 6.07) is 11.5. The summed E-state index contributed by atoms with van der Waals surface area (Å²) in [4.78, 5) is 2.53. The van der Waals surface area contributed by atoms with E-state index < -0.39 is 0 Å². The van der Waals surface area contributed by atoms with Gasteiger partial charge in [0, 0.05) is 19.1 Å². The first-order valence-electron chi connectivity index (χ1n) is 5.05. The van der Waals surface area contributed by atoms with Gasteiger partial charge in [-0.25, -0.2) is 0 Å². The Morgan fingerprint density at radius 1 is 1.31 bits per heavy atom. The Hall–Kier alpha value is -0.820. The number of benzene rings is 1. The van der Waals surface area contributed by atoms with Crippen LogP contribution in [-0.2, 0) is 6.54 Å². The molecule has 0 N–H and O–H groups in total. The molecule has 2 rings (SSSR count). The van der Waals surface area contributed by atoms with Crippen molar-refractivity contribution in [2.45, 2.75) is 26.4 Å². The van der Waals surface area contributed by atoms with Crippen LogP contribution in [0.2, 0.25) is 0 Å². The van der Waals surface area contributed by atoms with Gasteiger partial charge in [0.15, 0.2) is 0 Å². The number of nitrogens with zero attached hydrogens (tertiary/aromatic N) is 1. The van der Waals surface area contributed by atoms with Crippen LogP contribution in [0.25, 0.3) is 0 Å². The van der Waals surface area contributed by atoms with Gasteiger partial charge in [-0.1, -0.05) is 44.2 Å². The van der Waals surface area contributed by atoms with E-state index in [0.29, 0.717) is 0 Å². The van der Waals surface area contributed by atoms with Crippen LogP contribution in [0, 0.1) is 5.92 Å². The molecule has 0 aromatic heterocycles. The molecule has 1 heteroatoms. The van der Waals surface area contributed by atoms with E-state index in [2.05, 4.69) is 49.1 Å². The molecule has 0 radical (unpaired) electrons. The van der Waals surface area contributed by atoms with Crippen molar-refractivity contribution in [2.24, 2.45) is 5.92 Å². The molecule has 1 fully saturated rings. The van der Waals surface area contributed by atoms with Crippen molar-refractivity contribution in [2.75, 3.05) is 6.54 Å². The van der Waals surface area contributed by atoms with Gasteiger partial charge in [0.1, 0.15) is 0 Å². The summed E-state index contributed by atoms with van der Waals surface area (Å²) in [7, 11) is 0. The topological polar surface area (TPSA) is 3.01 Å². The summed E-state index contributed by atoms with van der Waals surface area (Å²) < 4.78 is 0. The molecule has 1 aliphatic rings. The summed E-state index contributed by atoms with van der Waals surface area (Å²) in [5.41, 5.74) is 1.44. The van der Waals surface area contributed by atoms with Gasteiger partial charge in [-0.3, -0.25) is 4.90 Å². The quantitative estimate of drug-likeness (QED) is 0.638. The number of rotatable bonds is 3. The lowest BCUT2D eigenvalue weighted by Crippen LogP contribution is -2.07. The Bertz CT molecular complexity index is 266. The molecule has 0 amide bonds. The van der Waals surface area contributed by atoms with Crippen molar-refractivity contribution in [3.63, 3.8) is 0 Å².